The highest BCUT2D eigenvalue weighted by molar-refractivity contribution is 6.01. The van der Waals surface area contributed by atoms with Crippen LogP contribution in [0.3, 0.4) is 0 Å². The quantitative estimate of drug-likeness (QED) is 0.851. The topological polar surface area (TPSA) is 76.4 Å². The van der Waals surface area contributed by atoms with Crippen LogP contribution in [0.2, 0.25) is 0 Å². The minimum absolute atomic E-state index is 0.0428. The van der Waals surface area contributed by atoms with Crippen molar-refractivity contribution in [3.63, 3.8) is 0 Å². The maximum Gasteiger partial charge on any atom is 0.263 e. The van der Waals surface area contributed by atoms with Crippen LogP contribution >= 0.6 is 0 Å². The highest BCUT2D eigenvalue weighted by Gasteiger charge is 2.41. The molecule has 0 saturated heterocycles. The molecule has 1 aliphatic heterocycles. The van der Waals surface area contributed by atoms with Crippen LogP contribution in [0.15, 0.2) is 59.8 Å². The van der Waals surface area contributed by atoms with E-state index in [0.717, 1.165) is 5.56 Å². The molecule has 0 amide bonds. The Morgan fingerprint density at radius 3 is 2.61 bits per heavy atom. The molecule has 2 atom stereocenters. The summed E-state index contributed by atoms with van der Waals surface area (Å²) in [6.07, 6.45) is -3.08. The van der Waals surface area contributed by atoms with Crippen LogP contribution in [0.25, 0.3) is 0 Å². The summed E-state index contributed by atoms with van der Waals surface area (Å²) in [4.78, 5) is 14.1. The molecule has 7 heteroatoms. The molecule has 0 fully saturated rings. The van der Waals surface area contributed by atoms with Gasteiger partial charge in [-0.2, -0.15) is 5.26 Å². The zero-order valence-electron chi connectivity index (χ0n) is 14.8. The van der Waals surface area contributed by atoms with Gasteiger partial charge in [-0.25, -0.2) is 8.78 Å². The number of allylic oxidation sites excluding steroid dienone is 1. The second-order valence-electron chi connectivity index (χ2n) is 6.76. The molecule has 1 heterocycles. The van der Waals surface area contributed by atoms with Crippen molar-refractivity contribution in [2.24, 2.45) is 0 Å². The van der Waals surface area contributed by atoms with E-state index in [4.69, 9.17) is 5.26 Å². The summed E-state index contributed by atoms with van der Waals surface area (Å²) in [7, 11) is 0. The number of benzene rings is 2. The van der Waals surface area contributed by atoms with Crippen molar-refractivity contribution in [2.45, 2.75) is 31.7 Å². The molecule has 0 saturated carbocycles. The van der Waals surface area contributed by atoms with Crippen LogP contribution in [0, 0.1) is 11.3 Å². The van der Waals surface area contributed by atoms with Crippen molar-refractivity contribution in [1.29, 1.82) is 5.26 Å². The Bertz CT molecular complexity index is 995. The van der Waals surface area contributed by atoms with Crippen LogP contribution in [0.5, 0.6) is 0 Å². The number of nitrogens with one attached hydrogen (secondary N) is 1. The number of Topliss-reactive ketones (excluding diaryl/α,β-unsaturated/α-hetero) is 1. The van der Waals surface area contributed by atoms with E-state index in [0.29, 0.717) is 35.4 Å². The number of anilines is 1. The Morgan fingerprint density at radius 2 is 1.93 bits per heavy atom. The molecule has 1 aliphatic carbocycles. The lowest BCUT2D eigenvalue weighted by Gasteiger charge is -2.40. The van der Waals surface area contributed by atoms with Crippen molar-refractivity contribution in [1.82, 2.24) is 5.32 Å². The highest BCUT2D eigenvalue weighted by atomic mass is 19.3. The molecule has 2 aliphatic rings. The van der Waals surface area contributed by atoms with E-state index in [1.54, 1.807) is 30.3 Å². The number of hydrogen-bond donors (Lipinski definition) is 2. The number of ketones is 1. The number of aliphatic hydroxyl groups is 1. The number of carbonyl (C=O) groups excluding carboxylic acids is 1. The van der Waals surface area contributed by atoms with Gasteiger partial charge in [0, 0.05) is 28.9 Å². The predicted molar refractivity (Wildman–Crippen MR) is 98.2 cm³/mol. The lowest BCUT2D eigenvalue weighted by Crippen LogP contribution is -2.51. The van der Waals surface area contributed by atoms with Gasteiger partial charge in [0.2, 0.25) is 0 Å². The van der Waals surface area contributed by atoms with Gasteiger partial charge in [0.15, 0.2) is 12.1 Å². The van der Waals surface area contributed by atoms with Gasteiger partial charge in [0.05, 0.1) is 17.7 Å². The molecule has 142 valence electrons. The molecule has 2 aromatic rings. The van der Waals surface area contributed by atoms with E-state index in [1.165, 1.54) is 23.1 Å². The predicted octanol–water partition coefficient (Wildman–Crippen LogP) is 3.54. The highest BCUT2D eigenvalue weighted by Crippen LogP contribution is 2.41. The van der Waals surface area contributed by atoms with Gasteiger partial charge >= 0.3 is 0 Å². The Morgan fingerprint density at radius 1 is 1.18 bits per heavy atom. The van der Waals surface area contributed by atoms with Gasteiger partial charge in [-0.1, -0.05) is 24.3 Å². The number of hydrogen-bond acceptors (Lipinski definition) is 5. The normalized spacial score (nSPS) is 21.8. The zero-order chi connectivity index (χ0) is 19.8. The molecule has 0 bridgehead atoms. The monoisotopic (exact) mass is 381 g/mol. The molecule has 28 heavy (non-hydrogen) atoms. The Labute approximate surface area is 160 Å². The van der Waals surface area contributed by atoms with Crippen LogP contribution in [0.4, 0.5) is 14.5 Å². The summed E-state index contributed by atoms with van der Waals surface area (Å²) >= 11 is 0. The van der Waals surface area contributed by atoms with Crippen molar-refractivity contribution >= 4 is 11.5 Å². The van der Waals surface area contributed by atoms with E-state index in [1.807, 2.05) is 6.07 Å². The maximum absolute atomic E-state index is 13.1. The van der Waals surface area contributed by atoms with Gasteiger partial charge in [0.25, 0.3) is 6.43 Å². The summed E-state index contributed by atoms with van der Waals surface area (Å²) in [6.45, 7) is 0. The third-order valence-electron chi connectivity index (χ3n) is 5.11. The molecule has 2 unspecified atom stereocenters. The lowest BCUT2D eigenvalue weighted by molar-refractivity contribution is -0.115. The second kappa shape index (κ2) is 7.15. The van der Waals surface area contributed by atoms with Gasteiger partial charge in [-0.15, -0.1) is 0 Å². The number of alkyl halides is 2. The van der Waals surface area contributed by atoms with E-state index in [9.17, 15) is 18.7 Å². The van der Waals surface area contributed by atoms with Crippen molar-refractivity contribution < 1.29 is 18.7 Å². The first kappa shape index (κ1) is 18.3. The number of carbonyl (C=O) groups is 1. The van der Waals surface area contributed by atoms with Crippen molar-refractivity contribution in [2.75, 3.05) is 4.90 Å². The molecule has 0 radical (unpaired) electrons. The third-order valence-corrected chi connectivity index (χ3v) is 5.11. The summed E-state index contributed by atoms with van der Waals surface area (Å²) < 4.78 is 26.2. The molecule has 0 aromatic heterocycles. The lowest BCUT2D eigenvalue weighted by atomic mass is 9.94. The maximum atomic E-state index is 13.1. The smallest absolute Gasteiger partial charge is 0.263 e. The third kappa shape index (κ3) is 3.07. The summed E-state index contributed by atoms with van der Waals surface area (Å²) in [5.41, 5.74) is 2.66. The van der Waals surface area contributed by atoms with Crippen molar-refractivity contribution in [3.8, 4) is 6.07 Å². The fourth-order valence-electron chi connectivity index (χ4n) is 3.81. The average molecular weight is 381 g/mol. The number of nitrogens with zero attached hydrogens (tertiary/aromatic N) is 2. The zero-order valence-corrected chi connectivity index (χ0v) is 14.8. The number of nitriles is 1. The van der Waals surface area contributed by atoms with Crippen LogP contribution < -0.4 is 10.2 Å². The molecular formula is C21H17F2N3O2. The largest absolute Gasteiger partial charge is 0.361 e. The molecule has 2 aromatic carbocycles. The van der Waals surface area contributed by atoms with E-state index in [2.05, 4.69) is 5.32 Å². The summed E-state index contributed by atoms with van der Waals surface area (Å²) in [6, 6.07) is 14.1. The van der Waals surface area contributed by atoms with E-state index >= 15 is 0 Å². The first-order valence-electron chi connectivity index (χ1n) is 8.87. The number of halogens is 2. The fraction of sp³-hybridized carbons (Fsp3) is 0.238. The number of rotatable bonds is 3. The Kier molecular flexibility index (Phi) is 4.67. The molecule has 0 spiro atoms. The van der Waals surface area contributed by atoms with Crippen molar-refractivity contribution in [3.05, 3.63) is 76.5 Å². The minimum Gasteiger partial charge on any atom is -0.361 e. The summed E-state index contributed by atoms with van der Waals surface area (Å²) in [5, 5.41) is 22.7. The molecule has 2 N–H and O–H groups in total. The Hall–Kier alpha value is -3.08. The van der Waals surface area contributed by atoms with Crippen LogP contribution in [0.1, 0.15) is 42.0 Å². The van der Waals surface area contributed by atoms with E-state index < -0.39 is 18.8 Å². The first-order chi connectivity index (χ1) is 13.5. The molecule has 5 nitrogen and oxygen atoms in total. The fourth-order valence-corrected chi connectivity index (χ4v) is 3.81. The van der Waals surface area contributed by atoms with Crippen LogP contribution in [-0.4, -0.2) is 17.2 Å². The molecular weight excluding hydrogens is 364 g/mol. The van der Waals surface area contributed by atoms with Gasteiger partial charge in [-0.3, -0.25) is 10.1 Å². The first-order valence-corrected chi connectivity index (χ1v) is 8.87. The minimum atomic E-state index is -2.63. The SMILES string of the molecule is N#Cc1ccc(C2NC(O)N(c3cccc(C(F)F)c3)C3=C2C(=O)CC3)cc1. The second-order valence-corrected chi connectivity index (χ2v) is 6.76. The standard InChI is InChI=1S/C21H17F2N3O2/c22-20(23)14-2-1-3-15(10-14)26-16-8-9-17(27)18(16)19(25-21(26)28)13-6-4-12(11-24)5-7-13/h1-7,10,19-21,25,28H,8-9H2. The van der Waals surface area contributed by atoms with E-state index in [-0.39, 0.29) is 11.3 Å². The van der Waals surface area contributed by atoms with Gasteiger partial charge < -0.3 is 10.0 Å². The Balaban J connectivity index is 1.78. The van der Waals surface area contributed by atoms with Crippen LogP contribution in [-0.2, 0) is 4.79 Å². The molecule has 4 rings (SSSR count). The average Bonchev–Trinajstić information content (AvgIpc) is 3.09. The summed E-state index contributed by atoms with van der Waals surface area (Å²) in [5.74, 6) is -0.0428. The van der Waals surface area contributed by atoms with Gasteiger partial charge in [-0.05, 0) is 36.2 Å². The van der Waals surface area contributed by atoms with Gasteiger partial charge in [0.1, 0.15) is 0 Å². The number of aliphatic hydroxyl groups excluding tert-OH is 1.